The summed E-state index contributed by atoms with van der Waals surface area (Å²) in [5, 5.41) is 11.7. The SMILES string of the molecule is CCC1CC1NC(=O)CC(C)(C)CC(=O)O. The van der Waals surface area contributed by atoms with Crippen molar-refractivity contribution in [3.8, 4) is 0 Å². The molecule has 0 saturated heterocycles. The first-order chi connectivity index (χ1) is 7.34. The zero-order valence-corrected chi connectivity index (χ0v) is 10.2. The number of amides is 1. The molecule has 0 bridgehead atoms. The van der Waals surface area contributed by atoms with Crippen LogP contribution in [0, 0.1) is 11.3 Å². The van der Waals surface area contributed by atoms with E-state index in [-0.39, 0.29) is 18.7 Å². The summed E-state index contributed by atoms with van der Waals surface area (Å²) in [4.78, 5) is 22.2. The lowest BCUT2D eigenvalue weighted by molar-refractivity contribution is -0.139. The summed E-state index contributed by atoms with van der Waals surface area (Å²) in [6.45, 7) is 5.74. The van der Waals surface area contributed by atoms with Crippen LogP contribution in [-0.4, -0.2) is 23.0 Å². The summed E-state index contributed by atoms with van der Waals surface area (Å²) >= 11 is 0. The molecule has 0 radical (unpaired) electrons. The number of carboxylic acid groups (broad SMARTS) is 1. The van der Waals surface area contributed by atoms with Crippen LogP contribution in [0.1, 0.15) is 46.5 Å². The molecule has 2 atom stereocenters. The Bertz CT molecular complexity index is 286. The van der Waals surface area contributed by atoms with Crippen molar-refractivity contribution in [3.05, 3.63) is 0 Å². The molecule has 2 N–H and O–H groups in total. The Morgan fingerprint density at radius 2 is 2.00 bits per heavy atom. The maximum absolute atomic E-state index is 11.6. The molecular formula is C12H21NO3. The fourth-order valence-electron chi connectivity index (χ4n) is 2.04. The van der Waals surface area contributed by atoms with Crippen molar-refractivity contribution in [2.24, 2.45) is 11.3 Å². The molecule has 1 rings (SSSR count). The second-order valence-electron chi connectivity index (χ2n) is 5.49. The van der Waals surface area contributed by atoms with Gasteiger partial charge < -0.3 is 10.4 Å². The second-order valence-corrected chi connectivity index (χ2v) is 5.49. The van der Waals surface area contributed by atoms with Crippen molar-refractivity contribution in [3.63, 3.8) is 0 Å². The van der Waals surface area contributed by atoms with E-state index in [9.17, 15) is 9.59 Å². The summed E-state index contributed by atoms with van der Waals surface area (Å²) in [5.41, 5.74) is -0.466. The Morgan fingerprint density at radius 1 is 1.38 bits per heavy atom. The van der Waals surface area contributed by atoms with Crippen molar-refractivity contribution in [1.29, 1.82) is 0 Å². The standard InChI is InChI=1S/C12H21NO3/c1-4-8-5-9(8)13-10(14)6-12(2,3)7-11(15)16/h8-9H,4-7H2,1-3H3,(H,13,14)(H,15,16). The zero-order chi connectivity index (χ0) is 12.3. The molecule has 16 heavy (non-hydrogen) atoms. The summed E-state index contributed by atoms with van der Waals surface area (Å²) in [6, 6.07) is 0.332. The van der Waals surface area contributed by atoms with E-state index in [0.29, 0.717) is 12.0 Å². The van der Waals surface area contributed by atoms with Gasteiger partial charge in [0.1, 0.15) is 0 Å². The minimum Gasteiger partial charge on any atom is -0.481 e. The molecule has 0 spiro atoms. The first-order valence-corrected chi connectivity index (χ1v) is 5.85. The second kappa shape index (κ2) is 4.85. The van der Waals surface area contributed by atoms with Crippen LogP contribution < -0.4 is 5.32 Å². The highest BCUT2D eigenvalue weighted by Gasteiger charge is 2.37. The molecule has 4 heteroatoms. The van der Waals surface area contributed by atoms with Gasteiger partial charge in [-0.1, -0.05) is 27.2 Å². The predicted molar refractivity (Wildman–Crippen MR) is 61.0 cm³/mol. The van der Waals surface area contributed by atoms with E-state index in [4.69, 9.17) is 5.11 Å². The van der Waals surface area contributed by atoms with Gasteiger partial charge in [-0.15, -0.1) is 0 Å². The van der Waals surface area contributed by atoms with Gasteiger partial charge in [0.15, 0.2) is 0 Å². The third kappa shape index (κ3) is 4.21. The number of carbonyl (C=O) groups is 2. The van der Waals surface area contributed by atoms with Crippen LogP contribution in [0.4, 0.5) is 0 Å². The van der Waals surface area contributed by atoms with E-state index in [2.05, 4.69) is 12.2 Å². The molecule has 2 unspecified atom stereocenters. The molecular weight excluding hydrogens is 206 g/mol. The van der Waals surface area contributed by atoms with E-state index in [0.717, 1.165) is 12.8 Å². The first kappa shape index (κ1) is 13.0. The van der Waals surface area contributed by atoms with Crippen LogP contribution in [0.25, 0.3) is 0 Å². The maximum atomic E-state index is 11.6. The van der Waals surface area contributed by atoms with Gasteiger partial charge in [-0.05, 0) is 17.8 Å². The molecule has 1 fully saturated rings. The Hall–Kier alpha value is -1.06. The van der Waals surface area contributed by atoms with Crippen LogP contribution in [0.2, 0.25) is 0 Å². The van der Waals surface area contributed by atoms with Crippen LogP contribution in [0.5, 0.6) is 0 Å². The van der Waals surface area contributed by atoms with Crippen molar-refractivity contribution in [2.45, 2.75) is 52.5 Å². The van der Waals surface area contributed by atoms with E-state index in [1.165, 1.54) is 0 Å². The number of nitrogens with one attached hydrogen (secondary N) is 1. The van der Waals surface area contributed by atoms with Crippen LogP contribution >= 0.6 is 0 Å². The zero-order valence-electron chi connectivity index (χ0n) is 10.2. The lowest BCUT2D eigenvalue weighted by Crippen LogP contribution is -2.32. The monoisotopic (exact) mass is 227 g/mol. The number of aliphatic carboxylic acids is 1. The predicted octanol–water partition coefficient (Wildman–Crippen LogP) is 1.79. The van der Waals surface area contributed by atoms with Crippen molar-refractivity contribution in [1.82, 2.24) is 5.32 Å². The van der Waals surface area contributed by atoms with Gasteiger partial charge in [-0.3, -0.25) is 9.59 Å². The van der Waals surface area contributed by atoms with Crippen LogP contribution in [0.15, 0.2) is 0 Å². The van der Waals surface area contributed by atoms with E-state index in [1.54, 1.807) is 0 Å². The summed E-state index contributed by atoms with van der Waals surface area (Å²) in [5.74, 6) is -0.241. The van der Waals surface area contributed by atoms with E-state index < -0.39 is 11.4 Å². The summed E-state index contributed by atoms with van der Waals surface area (Å²) in [6.07, 6.45) is 2.49. The number of hydrogen-bond donors (Lipinski definition) is 2. The summed E-state index contributed by atoms with van der Waals surface area (Å²) in [7, 11) is 0. The first-order valence-electron chi connectivity index (χ1n) is 5.85. The third-order valence-corrected chi connectivity index (χ3v) is 3.06. The van der Waals surface area contributed by atoms with Gasteiger partial charge in [0, 0.05) is 12.5 Å². The van der Waals surface area contributed by atoms with Crippen molar-refractivity contribution in [2.75, 3.05) is 0 Å². The summed E-state index contributed by atoms with van der Waals surface area (Å²) < 4.78 is 0. The Labute approximate surface area is 96.4 Å². The fourth-order valence-corrected chi connectivity index (χ4v) is 2.04. The highest BCUT2D eigenvalue weighted by molar-refractivity contribution is 5.78. The Morgan fingerprint density at radius 3 is 2.44 bits per heavy atom. The van der Waals surface area contributed by atoms with E-state index in [1.807, 2.05) is 13.8 Å². The molecule has 0 aromatic carbocycles. The average molecular weight is 227 g/mol. The highest BCUT2D eigenvalue weighted by atomic mass is 16.4. The molecule has 92 valence electrons. The molecule has 1 aliphatic rings. The molecule has 1 saturated carbocycles. The average Bonchev–Trinajstić information content (AvgIpc) is 2.78. The minimum atomic E-state index is -0.851. The van der Waals surface area contributed by atoms with Crippen molar-refractivity contribution >= 4 is 11.9 Å². The van der Waals surface area contributed by atoms with Gasteiger partial charge >= 0.3 is 5.97 Å². The topological polar surface area (TPSA) is 66.4 Å². The largest absolute Gasteiger partial charge is 0.481 e. The molecule has 1 aliphatic carbocycles. The normalized spacial score (nSPS) is 23.9. The van der Waals surface area contributed by atoms with E-state index >= 15 is 0 Å². The van der Waals surface area contributed by atoms with Crippen molar-refractivity contribution < 1.29 is 14.7 Å². The lowest BCUT2D eigenvalue weighted by Gasteiger charge is -2.21. The van der Waals surface area contributed by atoms with Crippen LogP contribution in [0.3, 0.4) is 0 Å². The molecule has 0 heterocycles. The number of rotatable bonds is 6. The Balaban J connectivity index is 2.30. The molecule has 4 nitrogen and oxygen atoms in total. The van der Waals surface area contributed by atoms with Gasteiger partial charge in [0.25, 0.3) is 0 Å². The van der Waals surface area contributed by atoms with Gasteiger partial charge in [0.2, 0.25) is 5.91 Å². The van der Waals surface area contributed by atoms with Crippen LogP contribution in [-0.2, 0) is 9.59 Å². The highest BCUT2D eigenvalue weighted by Crippen LogP contribution is 2.34. The van der Waals surface area contributed by atoms with Gasteiger partial charge in [-0.25, -0.2) is 0 Å². The number of carboxylic acids is 1. The molecule has 1 amide bonds. The van der Waals surface area contributed by atoms with Gasteiger partial charge in [-0.2, -0.15) is 0 Å². The number of hydrogen-bond acceptors (Lipinski definition) is 2. The Kier molecular flexibility index (Phi) is 3.94. The fraction of sp³-hybridized carbons (Fsp3) is 0.833. The molecule has 0 aromatic rings. The number of carbonyl (C=O) groups excluding carboxylic acids is 1. The lowest BCUT2D eigenvalue weighted by atomic mass is 9.85. The van der Waals surface area contributed by atoms with Gasteiger partial charge in [0.05, 0.1) is 6.42 Å². The quantitative estimate of drug-likeness (QED) is 0.727. The smallest absolute Gasteiger partial charge is 0.303 e. The molecule has 0 aliphatic heterocycles. The maximum Gasteiger partial charge on any atom is 0.303 e. The third-order valence-electron chi connectivity index (χ3n) is 3.06. The molecule has 0 aromatic heterocycles. The minimum absolute atomic E-state index is 0.0211.